The third-order valence-corrected chi connectivity index (χ3v) is 0.500. The maximum Gasteiger partial charge on any atom is 1.00 e. The Hall–Kier alpha value is 7.58. The van der Waals surface area contributed by atoms with Crippen molar-refractivity contribution in [1.82, 2.24) is 0 Å². The van der Waals surface area contributed by atoms with E-state index in [1.54, 1.807) is 0 Å². The van der Waals surface area contributed by atoms with Gasteiger partial charge >= 0.3 is 267 Å². The molecular weight excluding hydrogens is 612 g/mol. The summed E-state index contributed by atoms with van der Waals surface area (Å²) in [6, 6.07) is 0. The van der Waals surface area contributed by atoms with Gasteiger partial charge in [-0.1, -0.05) is 0 Å². The van der Waals surface area contributed by atoms with Crippen LogP contribution >= 0.6 is 0 Å². The molecule has 0 spiro atoms. The van der Waals surface area contributed by atoms with Crippen molar-refractivity contribution in [3.05, 3.63) is 0 Å². The molecule has 27 heavy (non-hydrogen) atoms. The van der Waals surface area contributed by atoms with Crippen molar-refractivity contribution in [1.29, 1.82) is 0 Å². The number of hydrogen-bond acceptors (Lipinski definition) is 15. The molecule has 0 aliphatic heterocycles. The van der Waals surface area contributed by atoms with E-state index in [4.69, 9.17) is 71.5 Å². The summed E-state index contributed by atoms with van der Waals surface area (Å²) in [5.41, 5.74) is 0. The molecule has 0 bridgehead atoms. The van der Waals surface area contributed by atoms with E-state index in [0.29, 0.717) is 0 Å². The quantitative estimate of drug-likeness (QED) is 0.0853. The molecule has 0 atom stereocenters. The molecule has 0 aromatic carbocycles. The molecule has 0 saturated carbocycles. The van der Waals surface area contributed by atoms with Gasteiger partial charge in [-0.15, -0.1) is 0 Å². The zero-order chi connectivity index (χ0) is 19.4. The van der Waals surface area contributed by atoms with Crippen LogP contribution in [0.5, 0.6) is 0 Å². The second kappa shape index (κ2) is 31.6. The van der Waals surface area contributed by atoms with Gasteiger partial charge in [0.15, 0.2) is 0 Å². The van der Waals surface area contributed by atoms with Crippen molar-refractivity contribution in [2.24, 2.45) is 0 Å². The Morgan fingerprint density at radius 2 is 0.556 bits per heavy atom. The first-order chi connectivity index (χ1) is 9.12. The van der Waals surface area contributed by atoms with Crippen LogP contribution in [-0.4, -0.2) is 61.0 Å². The minimum Gasteiger partial charge on any atom is -0.726 e. The third-order valence-electron chi connectivity index (χ3n) is 0.167. The molecule has 0 aromatic heterocycles. The molecule has 0 heterocycles. The summed E-state index contributed by atoms with van der Waals surface area (Å²) in [5.74, 6) is 0. The van der Waals surface area contributed by atoms with Gasteiger partial charge in [-0.2, -0.15) is 8.42 Å². The Kier molecular flexibility index (Phi) is 69.8. The van der Waals surface area contributed by atoms with E-state index in [2.05, 4.69) is 8.67 Å². The van der Waals surface area contributed by atoms with E-state index in [9.17, 15) is 0 Å². The van der Waals surface area contributed by atoms with Crippen molar-refractivity contribution in [2.45, 2.75) is 0 Å². The Morgan fingerprint density at radius 1 is 0.519 bits per heavy atom. The Balaban J connectivity index is -0.0000000216. The molecule has 18 nitrogen and oxygen atoms in total. The number of hydrogen-bond donors (Lipinski definition) is 3. The molecule has 140 valence electrons. The fraction of sp³-hybridized carbons (Fsp3) is 0. The van der Waals surface area contributed by atoms with Gasteiger partial charge in [0.25, 0.3) is 0 Å². The van der Waals surface area contributed by atoms with Crippen LogP contribution in [-0.2, 0) is 50.3 Å². The van der Waals surface area contributed by atoms with Gasteiger partial charge < -0.3 is 32.8 Å². The van der Waals surface area contributed by atoms with Crippen molar-refractivity contribution in [3.8, 4) is 0 Å². The molecule has 0 rings (SSSR count). The van der Waals surface area contributed by atoms with Gasteiger partial charge in [0, 0.05) is 0 Å². The normalized spacial score (nSPS) is 9.48. The van der Waals surface area contributed by atoms with Crippen LogP contribution in [0.3, 0.4) is 0 Å². The zero-order valence-electron chi connectivity index (χ0n) is 14.1. The molecule has 3 N–H and O–H groups in total. The Labute approximate surface area is 367 Å². The van der Waals surface area contributed by atoms with E-state index >= 15 is 0 Å². The topological polar surface area (TPSA) is 331 Å². The van der Waals surface area contributed by atoms with Gasteiger partial charge in [-0.25, -0.2) is 25.3 Å². The van der Waals surface area contributed by atoms with Crippen LogP contribution in [0, 0.1) is 0 Å². The van der Waals surface area contributed by atoms with Gasteiger partial charge in [-0.05, 0) is 0 Å². The summed E-state index contributed by atoms with van der Waals surface area (Å²) in [6.45, 7) is 0. The predicted molar refractivity (Wildman–Crippen MR) is 48.1 cm³/mol. The van der Waals surface area contributed by atoms with E-state index in [1.165, 1.54) is 0 Å². The first-order valence-corrected chi connectivity index (χ1v) is 8.48. The largest absolute Gasteiger partial charge is 1.00 e. The van der Waals surface area contributed by atoms with Crippen molar-refractivity contribution in [3.63, 3.8) is 0 Å². The van der Waals surface area contributed by atoms with Crippen molar-refractivity contribution >= 4 is 41.6 Å². The fourth-order valence-corrected chi connectivity index (χ4v) is 0. The molecule has 0 unspecified atom stereocenters. The molecule has 0 aliphatic carbocycles. The second-order valence-corrected chi connectivity index (χ2v) is 5.48. The maximum absolute atomic E-state index is 8.91. The molecule has 0 aromatic rings. The summed E-state index contributed by atoms with van der Waals surface area (Å²) >= 11 is 0. The van der Waals surface area contributed by atoms with Crippen LogP contribution < -0.4 is 267 Å². The molecule has 0 radical (unpaired) electrons. The van der Waals surface area contributed by atoms with Crippen LogP contribution in [0.2, 0.25) is 0 Å². The molecular formula is H3K5O18S4. The van der Waals surface area contributed by atoms with Crippen LogP contribution in [0.15, 0.2) is 0 Å². The average Bonchev–Trinajstić information content (AvgIpc) is 2.11. The predicted octanol–water partition coefficient (Wildman–Crippen LogP) is -21.2. The van der Waals surface area contributed by atoms with Gasteiger partial charge in [0.1, 0.15) is 0 Å². The van der Waals surface area contributed by atoms with E-state index in [0.717, 1.165) is 0 Å². The molecule has 0 fully saturated rings. The molecule has 0 amide bonds. The Morgan fingerprint density at radius 3 is 0.556 bits per heavy atom. The monoisotopic (exact) mass is 614 g/mol. The molecule has 0 aliphatic rings. The first kappa shape index (κ1) is 59.6. The van der Waals surface area contributed by atoms with E-state index < -0.39 is 41.6 Å². The SMILES string of the molecule is O=S(=O)(O)O.O=S(=O)([O-])O.O=S(=O)([O-])O[O-].O=S(=O)([O-])O[O-].[K+].[K+].[K+].[K+].[K+]. The van der Waals surface area contributed by atoms with Gasteiger partial charge in [-0.3, -0.25) is 13.7 Å². The Bertz CT molecular complexity index is 590. The van der Waals surface area contributed by atoms with Gasteiger partial charge in [0.05, 0.1) is 0 Å². The summed E-state index contributed by atoms with van der Waals surface area (Å²) in [6.07, 6.45) is 0. The standard InChI is InChI=1S/5K.2H2O5S.2H2O4S/c;;;;;2*1-5-6(2,3)4;2*1-5(2,3)4/h;;;;;2*1H,(H,2,3,4);2*(H2,1,2,3,4)/q5*+1;;;;/p-5. The summed E-state index contributed by atoms with van der Waals surface area (Å²) in [4.78, 5) is 0. The minimum absolute atomic E-state index is 0. The number of rotatable bonds is 2. The summed E-state index contributed by atoms with van der Waals surface area (Å²) in [5, 5.41) is 17.1. The molecule has 0 saturated heterocycles. The smallest absolute Gasteiger partial charge is 0.726 e. The minimum atomic E-state index is -4.97. The second-order valence-electron chi connectivity index (χ2n) is 1.83. The van der Waals surface area contributed by atoms with Gasteiger partial charge in [0.2, 0.25) is 31.2 Å². The summed E-state index contributed by atoms with van der Waals surface area (Å²) in [7, 11) is -19.5. The van der Waals surface area contributed by atoms with E-state index in [1.807, 2.05) is 0 Å². The van der Waals surface area contributed by atoms with Crippen LogP contribution in [0.4, 0.5) is 0 Å². The fourth-order valence-electron chi connectivity index (χ4n) is 0. The molecule has 27 heteroatoms. The maximum atomic E-state index is 8.91. The third kappa shape index (κ3) is 182. The zero-order valence-corrected chi connectivity index (χ0v) is 33.0. The average molecular weight is 615 g/mol. The van der Waals surface area contributed by atoms with E-state index in [-0.39, 0.29) is 257 Å². The van der Waals surface area contributed by atoms with Crippen LogP contribution in [0.25, 0.3) is 0 Å². The summed E-state index contributed by atoms with van der Waals surface area (Å²) < 4.78 is 122. The first-order valence-electron chi connectivity index (χ1n) is 3.05. The van der Waals surface area contributed by atoms with Crippen molar-refractivity contribution < 1.29 is 337 Å². The van der Waals surface area contributed by atoms with Crippen molar-refractivity contribution in [2.75, 3.05) is 0 Å². The van der Waals surface area contributed by atoms with Crippen LogP contribution in [0.1, 0.15) is 0 Å².